The fourth-order valence-electron chi connectivity index (χ4n) is 0.979. The summed E-state index contributed by atoms with van der Waals surface area (Å²) in [5.74, 6) is -0.449. The lowest BCUT2D eigenvalue weighted by Crippen LogP contribution is -1.85. The molecule has 2 heteroatoms. The Hall–Kier alpha value is -1.44. The second-order valence-corrected chi connectivity index (χ2v) is 2.98. The van der Waals surface area contributed by atoms with Crippen molar-refractivity contribution in [1.29, 1.82) is 0 Å². The molecule has 13 heavy (non-hydrogen) atoms. The van der Waals surface area contributed by atoms with Crippen LogP contribution in [0.3, 0.4) is 0 Å². The minimum Gasteiger partial charge on any atom is -0.298 e. The molecule has 0 aromatic heterocycles. The van der Waals surface area contributed by atoms with Gasteiger partial charge >= 0.3 is 0 Å². The lowest BCUT2D eigenvalue weighted by molar-refractivity contribution is -0.104. The van der Waals surface area contributed by atoms with Gasteiger partial charge in [-0.3, -0.25) is 4.79 Å². The van der Waals surface area contributed by atoms with Crippen LogP contribution in [-0.4, -0.2) is 6.29 Å². The number of benzene rings is 1. The molecule has 0 aliphatic rings. The first-order valence-corrected chi connectivity index (χ1v) is 4.03. The van der Waals surface area contributed by atoms with Gasteiger partial charge in [0.1, 0.15) is 12.1 Å². The van der Waals surface area contributed by atoms with Gasteiger partial charge < -0.3 is 0 Å². The number of carbonyl (C=O) groups excluding carboxylic acids is 1. The number of hydrogen-bond donors (Lipinski definition) is 0. The second kappa shape index (κ2) is 3.99. The molecule has 0 amide bonds. The summed E-state index contributed by atoms with van der Waals surface area (Å²) in [7, 11) is 0. The van der Waals surface area contributed by atoms with E-state index in [1.165, 1.54) is 6.92 Å². The molecule has 1 nitrogen and oxygen atoms in total. The van der Waals surface area contributed by atoms with Gasteiger partial charge in [-0.2, -0.15) is 0 Å². The lowest BCUT2D eigenvalue weighted by atomic mass is 10.1. The summed E-state index contributed by atoms with van der Waals surface area (Å²) >= 11 is 0. The van der Waals surface area contributed by atoms with Crippen molar-refractivity contribution >= 4 is 12.1 Å². The molecule has 0 saturated carbocycles. The van der Waals surface area contributed by atoms with Gasteiger partial charge in [0.2, 0.25) is 0 Å². The number of rotatable bonds is 2. The molecule has 0 atom stereocenters. The number of carbonyl (C=O) groups is 1. The molecule has 0 spiro atoms. The quantitative estimate of drug-likeness (QED) is 0.502. The smallest absolute Gasteiger partial charge is 0.148 e. The summed E-state index contributed by atoms with van der Waals surface area (Å²) in [5, 5.41) is 0. The summed E-state index contributed by atoms with van der Waals surface area (Å²) in [4.78, 5) is 10.3. The number of aryl methyl sites for hydroxylation is 1. The average molecular weight is 178 g/mol. The van der Waals surface area contributed by atoms with E-state index in [0.717, 1.165) is 5.56 Å². The average Bonchev–Trinajstić information content (AvgIpc) is 2.17. The molecule has 0 fully saturated rings. The highest BCUT2D eigenvalue weighted by Gasteiger charge is 2.03. The third-order valence-corrected chi connectivity index (χ3v) is 1.83. The van der Waals surface area contributed by atoms with E-state index in [4.69, 9.17) is 0 Å². The van der Waals surface area contributed by atoms with Gasteiger partial charge in [0.25, 0.3) is 0 Å². The highest BCUT2D eigenvalue weighted by Crippen LogP contribution is 2.19. The molecule has 0 N–H and O–H groups in total. The van der Waals surface area contributed by atoms with Gasteiger partial charge in [-0.25, -0.2) is 4.39 Å². The van der Waals surface area contributed by atoms with Crippen LogP contribution in [0.2, 0.25) is 0 Å². The lowest BCUT2D eigenvalue weighted by Gasteiger charge is -1.99. The molecule has 1 aromatic carbocycles. The van der Waals surface area contributed by atoms with Gasteiger partial charge in [0, 0.05) is 11.1 Å². The maximum Gasteiger partial charge on any atom is 0.148 e. The minimum atomic E-state index is -0.449. The summed E-state index contributed by atoms with van der Waals surface area (Å²) in [6.45, 7) is 3.39. The third-order valence-electron chi connectivity index (χ3n) is 1.83. The predicted octanol–water partition coefficient (Wildman–Crippen LogP) is 2.89. The van der Waals surface area contributed by atoms with Crippen LogP contribution in [0.25, 0.3) is 5.83 Å². The normalized spacial score (nSPS) is 12.2. The Bertz CT molecular complexity index is 336. The first-order chi connectivity index (χ1) is 6.15. The van der Waals surface area contributed by atoms with Crippen molar-refractivity contribution in [3.8, 4) is 0 Å². The van der Waals surface area contributed by atoms with E-state index in [9.17, 15) is 9.18 Å². The van der Waals surface area contributed by atoms with E-state index >= 15 is 0 Å². The fourth-order valence-corrected chi connectivity index (χ4v) is 0.979. The molecule has 0 saturated heterocycles. The zero-order valence-corrected chi connectivity index (χ0v) is 7.67. The Morgan fingerprint density at radius 1 is 1.31 bits per heavy atom. The Labute approximate surface area is 76.9 Å². The number of aldehydes is 1. The molecular weight excluding hydrogens is 167 g/mol. The number of hydrogen-bond acceptors (Lipinski definition) is 1. The number of allylic oxidation sites excluding steroid dienone is 1. The van der Waals surface area contributed by atoms with E-state index in [1.54, 1.807) is 12.1 Å². The summed E-state index contributed by atoms with van der Waals surface area (Å²) in [6, 6.07) is 6.95. The van der Waals surface area contributed by atoms with Crippen molar-refractivity contribution in [1.82, 2.24) is 0 Å². The van der Waals surface area contributed by atoms with Crippen LogP contribution in [0.15, 0.2) is 29.8 Å². The zero-order valence-electron chi connectivity index (χ0n) is 7.67. The standard InChI is InChI=1S/C11H11FO/c1-8-3-5-10(6-4-8)11(12)9(2)7-13/h3-7H,1-2H3. The van der Waals surface area contributed by atoms with Crippen LogP contribution in [0, 0.1) is 6.92 Å². The first kappa shape index (κ1) is 9.65. The largest absolute Gasteiger partial charge is 0.298 e. The van der Waals surface area contributed by atoms with E-state index in [-0.39, 0.29) is 5.57 Å². The molecule has 0 bridgehead atoms. The van der Waals surface area contributed by atoms with Crippen LogP contribution in [0.4, 0.5) is 4.39 Å². The monoisotopic (exact) mass is 178 g/mol. The highest BCUT2D eigenvalue weighted by molar-refractivity contribution is 5.84. The van der Waals surface area contributed by atoms with Crippen LogP contribution in [0.1, 0.15) is 18.1 Å². The van der Waals surface area contributed by atoms with Gasteiger partial charge in [-0.05, 0) is 13.8 Å². The molecule has 0 unspecified atom stereocenters. The minimum absolute atomic E-state index is 0.129. The van der Waals surface area contributed by atoms with Gasteiger partial charge in [-0.15, -0.1) is 0 Å². The van der Waals surface area contributed by atoms with Gasteiger partial charge in [0.15, 0.2) is 0 Å². The Kier molecular flexibility index (Phi) is 2.96. The molecule has 0 radical (unpaired) electrons. The number of halogens is 1. The Balaban J connectivity index is 3.09. The van der Waals surface area contributed by atoms with Crippen molar-refractivity contribution in [3.63, 3.8) is 0 Å². The zero-order chi connectivity index (χ0) is 9.84. The second-order valence-electron chi connectivity index (χ2n) is 2.98. The topological polar surface area (TPSA) is 17.1 Å². The molecule has 0 aliphatic heterocycles. The van der Waals surface area contributed by atoms with E-state index in [0.29, 0.717) is 11.8 Å². The molecule has 0 aliphatic carbocycles. The summed E-state index contributed by atoms with van der Waals surface area (Å²) < 4.78 is 13.3. The SMILES string of the molecule is CC(C=O)=C(F)c1ccc(C)cc1. The molecular formula is C11H11FO. The van der Waals surface area contributed by atoms with E-state index < -0.39 is 5.83 Å². The first-order valence-electron chi connectivity index (χ1n) is 4.03. The predicted molar refractivity (Wildman–Crippen MR) is 50.9 cm³/mol. The molecule has 1 rings (SSSR count). The molecule has 0 heterocycles. The van der Waals surface area contributed by atoms with Crippen LogP contribution >= 0.6 is 0 Å². The maximum atomic E-state index is 13.3. The van der Waals surface area contributed by atoms with Gasteiger partial charge in [0.05, 0.1) is 0 Å². The van der Waals surface area contributed by atoms with Gasteiger partial charge in [-0.1, -0.05) is 29.8 Å². The molecule has 1 aromatic rings. The summed E-state index contributed by atoms with van der Waals surface area (Å²) in [5.41, 5.74) is 1.65. The van der Waals surface area contributed by atoms with E-state index in [1.807, 2.05) is 19.1 Å². The van der Waals surface area contributed by atoms with Crippen molar-refractivity contribution in [2.24, 2.45) is 0 Å². The Morgan fingerprint density at radius 2 is 1.85 bits per heavy atom. The third kappa shape index (κ3) is 2.25. The van der Waals surface area contributed by atoms with Crippen molar-refractivity contribution in [3.05, 3.63) is 41.0 Å². The maximum absolute atomic E-state index is 13.3. The van der Waals surface area contributed by atoms with Crippen molar-refractivity contribution in [2.45, 2.75) is 13.8 Å². The van der Waals surface area contributed by atoms with Crippen molar-refractivity contribution < 1.29 is 9.18 Å². The summed E-state index contributed by atoms with van der Waals surface area (Å²) in [6.07, 6.45) is 0.523. The van der Waals surface area contributed by atoms with Crippen molar-refractivity contribution in [2.75, 3.05) is 0 Å². The van der Waals surface area contributed by atoms with E-state index in [2.05, 4.69) is 0 Å². The molecule has 68 valence electrons. The fraction of sp³-hybridized carbons (Fsp3) is 0.182. The van der Waals surface area contributed by atoms with Crippen LogP contribution in [0.5, 0.6) is 0 Å². The van der Waals surface area contributed by atoms with Crippen LogP contribution < -0.4 is 0 Å². The van der Waals surface area contributed by atoms with Crippen LogP contribution in [-0.2, 0) is 4.79 Å². The Morgan fingerprint density at radius 3 is 2.31 bits per heavy atom. The highest BCUT2D eigenvalue weighted by atomic mass is 19.1.